The van der Waals surface area contributed by atoms with Crippen LogP contribution in [-0.4, -0.2) is 15.7 Å². The fraction of sp³-hybridized carbons (Fsp3) is 0.444. The Balaban J connectivity index is 1.98. The van der Waals surface area contributed by atoms with Crippen LogP contribution in [0.3, 0.4) is 0 Å². The van der Waals surface area contributed by atoms with Gasteiger partial charge in [-0.25, -0.2) is 4.98 Å². The van der Waals surface area contributed by atoms with Crippen LogP contribution in [0.1, 0.15) is 43.1 Å². The first-order valence-corrected chi connectivity index (χ1v) is 8.57. The maximum Gasteiger partial charge on any atom is 0.391 e. The van der Waals surface area contributed by atoms with Gasteiger partial charge in [0.05, 0.1) is 11.6 Å². The Morgan fingerprint density at radius 1 is 1.16 bits per heavy atom. The van der Waals surface area contributed by atoms with Gasteiger partial charge in [0.1, 0.15) is 5.82 Å². The third-order valence-electron chi connectivity index (χ3n) is 4.69. The van der Waals surface area contributed by atoms with Crippen molar-refractivity contribution in [2.75, 3.05) is 0 Å². The predicted molar refractivity (Wildman–Crippen MR) is 90.3 cm³/mol. The van der Waals surface area contributed by atoms with E-state index in [1.807, 2.05) is 0 Å². The summed E-state index contributed by atoms with van der Waals surface area (Å²) in [6.07, 6.45) is -3.31. The smallest absolute Gasteiger partial charge is 0.269 e. The summed E-state index contributed by atoms with van der Waals surface area (Å²) in [6.45, 7) is 1.72. The van der Waals surface area contributed by atoms with Gasteiger partial charge < -0.3 is 0 Å². The average Bonchev–Trinajstić information content (AvgIpc) is 2.53. The number of rotatable bonds is 2. The molecule has 0 bridgehead atoms. The van der Waals surface area contributed by atoms with Crippen molar-refractivity contribution >= 4 is 11.6 Å². The van der Waals surface area contributed by atoms with Crippen molar-refractivity contribution < 1.29 is 13.2 Å². The Labute approximate surface area is 148 Å². The number of aromatic nitrogens is 2. The molecule has 3 rings (SSSR count). The molecular weight excluding hydrogens is 353 g/mol. The molecule has 1 aliphatic rings. The highest BCUT2D eigenvalue weighted by molar-refractivity contribution is 6.30. The predicted octanol–water partition coefficient (Wildman–Crippen LogP) is 5.03. The summed E-state index contributed by atoms with van der Waals surface area (Å²) in [5, 5.41) is 0.483. The number of alkyl halides is 3. The Morgan fingerprint density at radius 3 is 2.44 bits per heavy atom. The maximum absolute atomic E-state index is 12.9. The zero-order chi connectivity index (χ0) is 18.2. The minimum Gasteiger partial charge on any atom is -0.269 e. The van der Waals surface area contributed by atoms with Crippen LogP contribution >= 0.6 is 11.6 Å². The van der Waals surface area contributed by atoms with E-state index in [9.17, 15) is 18.0 Å². The summed E-state index contributed by atoms with van der Waals surface area (Å²) in [5.41, 5.74) is 0.900. The summed E-state index contributed by atoms with van der Waals surface area (Å²) in [5.74, 6) is -0.919. The van der Waals surface area contributed by atoms with Crippen molar-refractivity contribution in [3.05, 3.63) is 57.2 Å². The monoisotopic (exact) mass is 370 g/mol. The minimum absolute atomic E-state index is 0.0630. The number of benzene rings is 1. The van der Waals surface area contributed by atoms with Gasteiger partial charge in [0, 0.05) is 22.7 Å². The average molecular weight is 371 g/mol. The van der Waals surface area contributed by atoms with E-state index in [2.05, 4.69) is 4.98 Å². The molecule has 1 heterocycles. The van der Waals surface area contributed by atoms with Gasteiger partial charge in [-0.3, -0.25) is 9.36 Å². The van der Waals surface area contributed by atoms with E-state index in [1.165, 1.54) is 10.6 Å². The number of halogens is 4. The molecule has 1 aromatic heterocycles. The van der Waals surface area contributed by atoms with E-state index >= 15 is 0 Å². The quantitative estimate of drug-likeness (QED) is 0.743. The van der Waals surface area contributed by atoms with Gasteiger partial charge in [-0.2, -0.15) is 13.2 Å². The normalized spacial score (nSPS) is 21.3. The van der Waals surface area contributed by atoms with Crippen LogP contribution in [0.5, 0.6) is 0 Å². The van der Waals surface area contributed by atoms with E-state index < -0.39 is 12.1 Å². The molecule has 0 spiro atoms. The second-order valence-electron chi connectivity index (χ2n) is 6.50. The lowest BCUT2D eigenvalue weighted by Crippen LogP contribution is -2.30. The first-order chi connectivity index (χ1) is 11.8. The summed E-state index contributed by atoms with van der Waals surface area (Å²) < 4.78 is 40.2. The molecule has 0 radical (unpaired) electrons. The molecule has 1 aromatic carbocycles. The van der Waals surface area contributed by atoms with E-state index in [1.54, 1.807) is 31.2 Å². The van der Waals surface area contributed by atoms with Gasteiger partial charge in [-0.1, -0.05) is 17.7 Å². The fourth-order valence-corrected chi connectivity index (χ4v) is 3.63. The zero-order valence-electron chi connectivity index (χ0n) is 13.7. The molecule has 1 saturated carbocycles. The molecule has 0 aliphatic heterocycles. The molecule has 25 heavy (non-hydrogen) atoms. The third kappa shape index (κ3) is 3.89. The van der Waals surface area contributed by atoms with Crippen LogP contribution in [0, 0.1) is 12.8 Å². The van der Waals surface area contributed by atoms with Crippen LogP contribution in [0.25, 0.3) is 5.69 Å². The number of nitrogens with zero attached hydrogens (tertiary/aromatic N) is 2. The molecule has 0 N–H and O–H groups in total. The third-order valence-corrected chi connectivity index (χ3v) is 4.93. The van der Waals surface area contributed by atoms with Crippen molar-refractivity contribution in [3.63, 3.8) is 0 Å². The lowest BCUT2D eigenvalue weighted by molar-refractivity contribution is -0.182. The summed E-state index contributed by atoms with van der Waals surface area (Å²) in [6, 6.07) is 8.26. The van der Waals surface area contributed by atoms with Gasteiger partial charge in [0.25, 0.3) is 5.56 Å². The second kappa shape index (κ2) is 6.83. The van der Waals surface area contributed by atoms with E-state index in [4.69, 9.17) is 11.6 Å². The minimum atomic E-state index is -4.16. The molecule has 7 heteroatoms. The molecule has 0 unspecified atom stereocenters. The number of aryl methyl sites for hydroxylation is 1. The van der Waals surface area contributed by atoms with Gasteiger partial charge in [0.15, 0.2) is 0 Å². The van der Waals surface area contributed by atoms with Crippen LogP contribution in [0.2, 0.25) is 5.02 Å². The molecule has 1 aliphatic carbocycles. The second-order valence-corrected chi connectivity index (χ2v) is 6.94. The Kier molecular flexibility index (Phi) is 4.91. The van der Waals surface area contributed by atoms with Crippen molar-refractivity contribution in [1.82, 2.24) is 9.55 Å². The largest absolute Gasteiger partial charge is 0.391 e. The van der Waals surface area contributed by atoms with Gasteiger partial charge in [0.2, 0.25) is 0 Å². The lowest BCUT2D eigenvalue weighted by Gasteiger charge is -2.30. The summed E-state index contributed by atoms with van der Waals surface area (Å²) >= 11 is 6.02. The SMILES string of the molecule is Cc1cc(=O)n(-c2cccc(Cl)c2)c(C2CCC(C(F)(F)F)CC2)n1. The van der Waals surface area contributed by atoms with Crippen LogP contribution in [0.4, 0.5) is 13.2 Å². The molecule has 0 atom stereocenters. The van der Waals surface area contributed by atoms with Crippen molar-refractivity contribution in [2.24, 2.45) is 5.92 Å². The lowest BCUT2D eigenvalue weighted by atomic mass is 9.81. The number of hydrogen-bond donors (Lipinski definition) is 0. The van der Waals surface area contributed by atoms with E-state index in [0.717, 1.165) is 0 Å². The summed E-state index contributed by atoms with van der Waals surface area (Å²) in [4.78, 5) is 17.0. The highest BCUT2D eigenvalue weighted by Gasteiger charge is 2.42. The van der Waals surface area contributed by atoms with Gasteiger partial charge in [-0.05, 0) is 50.8 Å². The first kappa shape index (κ1) is 18.0. The fourth-order valence-electron chi connectivity index (χ4n) is 3.45. The van der Waals surface area contributed by atoms with Crippen molar-refractivity contribution in [3.8, 4) is 5.69 Å². The first-order valence-electron chi connectivity index (χ1n) is 8.19. The molecule has 0 amide bonds. The molecule has 2 aromatic rings. The highest BCUT2D eigenvalue weighted by atomic mass is 35.5. The maximum atomic E-state index is 12.9. The Bertz CT molecular complexity index is 824. The zero-order valence-corrected chi connectivity index (χ0v) is 14.4. The molecule has 0 saturated heterocycles. The Morgan fingerprint density at radius 2 is 1.84 bits per heavy atom. The van der Waals surface area contributed by atoms with Crippen LogP contribution in [0.15, 0.2) is 35.1 Å². The molecular formula is C18H18ClF3N2O. The van der Waals surface area contributed by atoms with E-state index in [0.29, 0.717) is 35.1 Å². The molecule has 3 nitrogen and oxygen atoms in total. The van der Waals surface area contributed by atoms with Crippen LogP contribution in [-0.2, 0) is 0 Å². The van der Waals surface area contributed by atoms with Crippen LogP contribution < -0.4 is 5.56 Å². The molecule has 1 fully saturated rings. The highest BCUT2D eigenvalue weighted by Crippen LogP contribution is 2.42. The van der Waals surface area contributed by atoms with E-state index in [-0.39, 0.29) is 24.3 Å². The topological polar surface area (TPSA) is 34.9 Å². The Hall–Kier alpha value is -1.82. The standard InChI is InChI=1S/C18H18ClF3N2O/c1-11-9-16(25)24(15-4-2-3-14(19)10-15)17(23-11)12-5-7-13(8-6-12)18(20,21)22/h2-4,9-10,12-13H,5-8H2,1H3. The van der Waals surface area contributed by atoms with Gasteiger partial charge in [-0.15, -0.1) is 0 Å². The summed E-state index contributed by atoms with van der Waals surface area (Å²) in [7, 11) is 0. The van der Waals surface area contributed by atoms with Crippen molar-refractivity contribution in [1.29, 1.82) is 0 Å². The molecule has 134 valence electrons. The van der Waals surface area contributed by atoms with Gasteiger partial charge >= 0.3 is 6.18 Å². The number of hydrogen-bond acceptors (Lipinski definition) is 2. The van der Waals surface area contributed by atoms with Crippen molar-refractivity contribution in [2.45, 2.75) is 44.7 Å².